The van der Waals surface area contributed by atoms with E-state index < -0.39 is 0 Å². The summed E-state index contributed by atoms with van der Waals surface area (Å²) in [5.41, 5.74) is 4.71. The van der Waals surface area contributed by atoms with Gasteiger partial charge in [0.15, 0.2) is 0 Å². The minimum Gasteiger partial charge on any atom is -0.182 e. The minimum atomic E-state index is 0.387. The smallest absolute Gasteiger partial charge is 0.182 e. The first kappa shape index (κ1) is 14.5. The van der Waals surface area contributed by atoms with Gasteiger partial charge in [-0.2, -0.15) is 4.57 Å². The molecular weight excluding hydrogens is 274 g/mol. The number of para-hydroxylation sites is 1. The van der Waals surface area contributed by atoms with Crippen molar-refractivity contribution in [1.82, 2.24) is 0 Å². The zero-order chi connectivity index (χ0) is 15.0. The molecular formula is C19H24NS+. The maximum atomic E-state index is 2.43. The number of allylic oxidation sites excluding steroid dienone is 3. The number of benzene rings is 1. The number of aryl methyl sites for hydroxylation is 1. The molecule has 1 nitrogen and oxygen atoms in total. The van der Waals surface area contributed by atoms with E-state index in [1.54, 1.807) is 0 Å². The van der Waals surface area contributed by atoms with Crippen LogP contribution in [0.25, 0.3) is 16.3 Å². The van der Waals surface area contributed by atoms with E-state index in [0.717, 1.165) is 6.54 Å². The molecule has 0 unspecified atom stereocenters. The Balaban J connectivity index is 2.09. The largest absolute Gasteiger partial charge is 0.263 e. The van der Waals surface area contributed by atoms with Crippen molar-refractivity contribution in [2.45, 2.75) is 47.1 Å². The molecule has 3 rings (SSSR count). The van der Waals surface area contributed by atoms with Gasteiger partial charge in [-0.1, -0.05) is 49.0 Å². The Labute approximate surface area is 131 Å². The van der Waals surface area contributed by atoms with Gasteiger partial charge in [0.05, 0.1) is 0 Å². The van der Waals surface area contributed by atoms with E-state index in [1.807, 2.05) is 11.3 Å². The SMILES string of the molecule is CC[n+]1c(/C=C2\C=C(C)CC(C)(C)C2)sc2ccccc21. The van der Waals surface area contributed by atoms with Crippen LogP contribution in [0.15, 0.2) is 41.5 Å². The maximum absolute atomic E-state index is 2.43. The molecule has 0 aliphatic heterocycles. The van der Waals surface area contributed by atoms with Crippen molar-refractivity contribution >= 4 is 27.6 Å². The van der Waals surface area contributed by atoms with Gasteiger partial charge in [0.2, 0.25) is 5.52 Å². The standard InChI is InChI=1S/C19H24NS/c1-5-20-16-8-6-7-9-17(16)21-18(20)11-15-10-14(2)12-19(3,4)13-15/h6-11H,5,12-13H2,1-4H3/q+1/b15-11+. The molecule has 0 N–H and O–H groups in total. The Hall–Kier alpha value is -1.41. The van der Waals surface area contributed by atoms with E-state index in [9.17, 15) is 0 Å². The lowest BCUT2D eigenvalue weighted by atomic mass is 9.75. The lowest BCUT2D eigenvalue weighted by molar-refractivity contribution is -0.665. The maximum Gasteiger partial charge on any atom is 0.263 e. The van der Waals surface area contributed by atoms with Gasteiger partial charge in [-0.25, -0.2) is 0 Å². The summed E-state index contributed by atoms with van der Waals surface area (Å²) >= 11 is 1.90. The molecule has 0 radical (unpaired) electrons. The summed E-state index contributed by atoms with van der Waals surface area (Å²) in [4.78, 5) is 0. The van der Waals surface area contributed by atoms with Crippen molar-refractivity contribution in [3.05, 3.63) is 46.5 Å². The zero-order valence-electron chi connectivity index (χ0n) is 13.4. The molecule has 0 amide bonds. The third-order valence-corrected chi connectivity index (χ3v) is 5.25. The number of hydrogen-bond acceptors (Lipinski definition) is 1. The van der Waals surface area contributed by atoms with Crippen molar-refractivity contribution in [3.63, 3.8) is 0 Å². The molecule has 0 bridgehead atoms. The summed E-state index contributed by atoms with van der Waals surface area (Å²) in [5, 5.41) is 1.37. The van der Waals surface area contributed by atoms with Crippen molar-refractivity contribution in [2.24, 2.45) is 5.41 Å². The fourth-order valence-corrected chi connectivity index (χ4v) is 4.73. The first-order chi connectivity index (χ1) is 9.98. The highest BCUT2D eigenvalue weighted by Crippen LogP contribution is 2.38. The summed E-state index contributed by atoms with van der Waals surface area (Å²) in [6, 6.07) is 8.71. The van der Waals surface area contributed by atoms with Gasteiger partial charge in [0.1, 0.15) is 11.2 Å². The van der Waals surface area contributed by atoms with Gasteiger partial charge >= 0.3 is 0 Å². The van der Waals surface area contributed by atoms with Gasteiger partial charge in [0.25, 0.3) is 5.01 Å². The van der Waals surface area contributed by atoms with Crippen LogP contribution in [-0.2, 0) is 6.54 Å². The molecule has 1 heterocycles. The molecule has 0 fully saturated rings. The number of rotatable bonds is 2. The third kappa shape index (κ3) is 2.96. The topological polar surface area (TPSA) is 3.88 Å². The van der Waals surface area contributed by atoms with Crippen LogP contribution in [0.5, 0.6) is 0 Å². The average Bonchev–Trinajstić information content (AvgIpc) is 2.73. The van der Waals surface area contributed by atoms with E-state index in [-0.39, 0.29) is 0 Å². The molecule has 1 aliphatic carbocycles. The third-order valence-electron chi connectivity index (χ3n) is 4.13. The van der Waals surface area contributed by atoms with Gasteiger partial charge in [0, 0.05) is 12.1 Å². The number of hydrogen-bond donors (Lipinski definition) is 0. The molecule has 2 heteroatoms. The molecule has 1 aliphatic rings. The highest BCUT2D eigenvalue weighted by Gasteiger charge is 2.25. The van der Waals surface area contributed by atoms with E-state index in [2.05, 4.69) is 68.7 Å². The van der Waals surface area contributed by atoms with E-state index >= 15 is 0 Å². The molecule has 0 saturated heterocycles. The molecule has 2 aromatic rings. The molecule has 1 aromatic heterocycles. The normalized spacial score (nSPS) is 20.0. The predicted octanol–water partition coefficient (Wildman–Crippen LogP) is 5.36. The lowest BCUT2D eigenvalue weighted by Gasteiger charge is -2.29. The molecule has 1 aromatic carbocycles. The van der Waals surface area contributed by atoms with Crippen LogP contribution >= 0.6 is 11.3 Å². The average molecular weight is 298 g/mol. The fourth-order valence-electron chi connectivity index (χ4n) is 3.53. The summed E-state index contributed by atoms with van der Waals surface area (Å²) in [5.74, 6) is 0. The molecule has 0 atom stereocenters. The van der Waals surface area contributed by atoms with Gasteiger partial charge < -0.3 is 0 Å². The van der Waals surface area contributed by atoms with Crippen LogP contribution in [-0.4, -0.2) is 0 Å². The monoisotopic (exact) mass is 298 g/mol. The van der Waals surface area contributed by atoms with Crippen LogP contribution in [0.3, 0.4) is 0 Å². The van der Waals surface area contributed by atoms with E-state index in [0.29, 0.717) is 5.41 Å². The lowest BCUT2D eigenvalue weighted by Crippen LogP contribution is -2.33. The first-order valence-electron chi connectivity index (χ1n) is 7.78. The summed E-state index contributed by atoms with van der Waals surface area (Å²) in [6.07, 6.45) is 7.17. The van der Waals surface area contributed by atoms with Crippen LogP contribution in [0, 0.1) is 5.41 Å². The second-order valence-corrected chi connectivity index (χ2v) is 7.94. The van der Waals surface area contributed by atoms with Gasteiger partial charge in [-0.05, 0) is 43.7 Å². The van der Waals surface area contributed by atoms with Crippen LogP contribution in [0.4, 0.5) is 0 Å². The Bertz CT molecular complexity index is 731. The number of aromatic nitrogens is 1. The van der Waals surface area contributed by atoms with Crippen molar-refractivity contribution in [3.8, 4) is 0 Å². The highest BCUT2D eigenvalue weighted by molar-refractivity contribution is 7.18. The summed E-state index contributed by atoms with van der Waals surface area (Å²) in [6.45, 7) is 10.3. The second kappa shape index (κ2) is 5.42. The molecule has 0 saturated carbocycles. The van der Waals surface area contributed by atoms with Crippen molar-refractivity contribution in [1.29, 1.82) is 0 Å². The predicted molar refractivity (Wildman–Crippen MR) is 92.4 cm³/mol. The minimum absolute atomic E-state index is 0.387. The number of nitrogens with zero attached hydrogens (tertiary/aromatic N) is 1. The van der Waals surface area contributed by atoms with E-state index in [4.69, 9.17) is 0 Å². The van der Waals surface area contributed by atoms with Crippen LogP contribution in [0.1, 0.15) is 45.5 Å². The van der Waals surface area contributed by atoms with Gasteiger partial charge in [-0.3, -0.25) is 0 Å². The Kier molecular flexibility index (Phi) is 3.75. The van der Waals surface area contributed by atoms with Crippen LogP contribution < -0.4 is 4.57 Å². The first-order valence-corrected chi connectivity index (χ1v) is 8.59. The van der Waals surface area contributed by atoms with Crippen LogP contribution in [0.2, 0.25) is 0 Å². The van der Waals surface area contributed by atoms with Crippen molar-refractivity contribution < 1.29 is 4.57 Å². The Morgan fingerprint density at radius 3 is 2.71 bits per heavy atom. The fraction of sp³-hybridized carbons (Fsp3) is 0.421. The molecule has 110 valence electrons. The number of fused-ring (bicyclic) bond motifs is 1. The quantitative estimate of drug-likeness (QED) is 0.657. The van der Waals surface area contributed by atoms with Crippen molar-refractivity contribution in [2.75, 3.05) is 0 Å². The second-order valence-electron chi connectivity index (χ2n) is 6.88. The summed E-state index contributed by atoms with van der Waals surface area (Å²) in [7, 11) is 0. The summed E-state index contributed by atoms with van der Waals surface area (Å²) < 4.78 is 3.81. The Morgan fingerprint density at radius 1 is 1.24 bits per heavy atom. The zero-order valence-corrected chi connectivity index (χ0v) is 14.3. The molecule has 0 spiro atoms. The van der Waals surface area contributed by atoms with Gasteiger partial charge in [-0.15, -0.1) is 0 Å². The highest BCUT2D eigenvalue weighted by atomic mass is 32.1. The van der Waals surface area contributed by atoms with E-state index in [1.165, 1.54) is 39.2 Å². The number of thiazole rings is 1. The molecule has 21 heavy (non-hydrogen) atoms. The Morgan fingerprint density at radius 2 is 2.00 bits per heavy atom.